The van der Waals surface area contributed by atoms with E-state index in [4.69, 9.17) is 37.3 Å². The topological polar surface area (TPSA) is 307 Å². The lowest BCUT2D eigenvalue weighted by atomic mass is 9.81. The van der Waals surface area contributed by atoms with Gasteiger partial charge in [0.2, 0.25) is 11.3 Å². The number of rotatable bonds is 24. The van der Waals surface area contributed by atoms with Crippen LogP contribution in [0.1, 0.15) is 50.8 Å². The standard InChI is InChI=1S/C44H51N6O19PS/c1-6-66-70(67-7-2,68-8-3)41(42(53)63-24-29-9-15-32(16-10-29)48(56)57)47-36(39(40(47)52)28(4)69-44(55)65-26-31-13-19-34(20-14-31)50(60)61)21-38(51)71-35-22-45-37(27-62-5)46(23-35)43(54)64-25-30-11-17-33(18-12-30)49(58)59/h9-20,28,35-36,39H,6-8,21-27H2,1-5H3. The van der Waals surface area contributed by atoms with Crippen LogP contribution >= 0.6 is 19.3 Å². The number of non-ortho nitro benzene ring substituents is 3. The van der Waals surface area contributed by atoms with E-state index in [1.807, 2.05) is 0 Å². The fourth-order valence-corrected chi connectivity index (χ4v) is 10.7. The smallest absolute Gasteiger partial charge is 0.456 e. The molecule has 382 valence electrons. The van der Waals surface area contributed by atoms with E-state index in [1.165, 1.54) is 91.7 Å². The maximum Gasteiger partial charge on any atom is 0.508 e. The van der Waals surface area contributed by atoms with Gasteiger partial charge in [-0.2, -0.15) is 0 Å². The number of β-lactam (4-membered cyclic amide) rings is 1. The Balaban J connectivity index is 1.43. The summed E-state index contributed by atoms with van der Waals surface area (Å²) in [6.45, 7) is 4.76. The summed E-state index contributed by atoms with van der Waals surface area (Å²) in [5.41, 5.74) is 0.150. The minimum absolute atomic E-state index is 0.0398. The average molecular weight is 1030 g/mol. The highest BCUT2D eigenvalue weighted by Gasteiger charge is 2.57. The maximum atomic E-state index is 14.6. The van der Waals surface area contributed by atoms with E-state index in [9.17, 15) is 54.3 Å². The summed E-state index contributed by atoms with van der Waals surface area (Å²) in [6, 6.07) is 14.5. The van der Waals surface area contributed by atoms with Crippen molar-refractivity contribution in [3.63, 3.8) is 0 Å². The van der Waals surface area contributed by atoms with Crippen LogP contribution in [-0.4, -0.2) is 129 Å². The molecule has 0 spiro atoms. The summed E-state index contributed by atoms with van der Waals surface area (Å²) in [6.07, 6.45) is -3.86. The molecule has 4 atom stereocenters. The van der Waals surface area contributed by atoms with Gasteiger partial charge in [0.1, 0.15) is 38.4 Å². The Bertz CT molecular complexity index is 2510. The van der Waals surface area contributed by atoms with Crippen molar-refractivity contribution in [2.75, 3.05) is 46.6 Å². The molecular formula is C44H51N6O19PS. The molecule has 3 aromatic rings. The van der Waals surface area contributed by atoms with Gasteiger partial charge in [-0.25, -0.2) is 14.4 Å². The first-order valence-electron chi connectivity index (χ1n) is 21.8. The number of amidine groups is 1. The van der Waals surface area contributed by atoms with Crippen LogP contribution in [0.4, 0.5) is 26.7 Å². The number of nitrogens with zero attached hydrogens (tertiary/aromatic N) is 6. The van der Waals surface area contributed by atoms with E-state index >= 15 is 0 Å². The van der Waals surface area contributed by atoms with Gasteiger partial charge in [0.05, 0.1) is 58.3 Å². The SMILES string of the molecule is CCOP(OCC)(OCC)=C(C(=O)OCc1ccc([N+](=O)[O-])cc1)N1C(=O)C(C(C)OC(=O)OCc2ccc([N+](=O)[O-])cc2)C1CC(=O)SC1CN=C(COC)N(C(=O)OCc2ccc([N+](=O)[O-])cc2)C1. The Hall–Kier alpha value is -6.83. The zero-order valence-corrected chi connectivity index (χ0v) is 40.8. The van der Waals surface area contributed by atoms with Crippen LogP contribution in [0.25, 0.3) is 0 Å². The van der Waals surface area contributed by atoms with Gasteiger partial charge in [0, 0.05) is 56.5 Å². The summed E-state index contributed by atoms with van der Waals surface area (Å²) in [5.74, 6) is -3.06. The first-order valence-corrected chi connectivity index (χ1v) is 24.3. The number of nitro groups is 3. The molecule has 4 unspecified atom stereocenters. The van der Waals surface area contributed by atoms with Crippen molar-refractivity contribution in [2.24, 2.45) is 10.9 Å². The van der Waals surface area contributed by atoms with Gasteiger partial charge in [0.15, 0.2) is 5.12 Å². The van der Waals surface area contributed by atoms with Crippen molar-refractivity contribution in [2.45, 2.75) is 71.3 Å². The molecule has 1 fully saturated rings. The third-order valence-corrected chi connectivity index (χ3v) is 14.3. The molecule has 2 aliphatic rings. The van der Waals surface area contributed by atoms with Gasteiger partial charge < -0.3 is 37.3 Å². The number of amides is 2. The van der Waals surface area contributed by atoms with Gasteiger partial charge in [-0.05, 0) is 80.8 Å². The molecule has 0 aliphatic carbocycles. The summed E-state index contributed by atoms with van der Waals surface area (Å²) in [7, 11) is -2.64. The molecule has 25 nitrogen and oxygen atoms in total. The monoisotopic (exact) mass is 1030 g/mol. The first-order chi connectivity index (χ1) is 33.9. The second-order valence-electron chi connectivity index (χ2n) is 15.3. The van der Waals surface area contributed by atoms with Crippen LogP contribution in [0.3, 0.4) is 0 Å². The summed E-state index contributed by atoms with van der Waals surface area (Å²) >= 11 is 0.796. The number of esters is 1. The molecule has 27 heteroatoms. The first kappa shape index (κ1) is 55.1. The Morgan fingerprint density at radius 2 is 1.20 bits per heavy atom. The Morgan fingerprint density at radius 1 is 0.732 bits per heavy atom. The molecule has 2 amide bonds. The zero-order chi connectivity index (χ0) is 51.8. The highest BCUT2D eigenvalue weighted by Crippen LogP contribution is 2.55. The number of benzene rings is 3. The van der Waals surface area contributed by atoms with Crippen molar-refractivity contribution < 1.29 is 76.0 Å². The summed E-state index contributed by atoms with van der Waals surface area (Å²) in [5, 5.41) is 32.2. The van der Waals surface area contributed by atoms with Crippen LogP contribution in [0.5, 0.6) is 0 Å². The lowest BCUT2D eigenvalue weighted by Crippen LogP contribution is -2.68. The van der Waals surface area contributed by atoms with Crippen LogP contribution in [0, 0.1) is 36.3 Å². The number of aliphatic imine (C=N–C) groups is 1. The fraction of sp³-hybridized carbons (Fsp3) is 0.432. The number of carbonyl (C=O) groups excluding carboxylic acids is 5. The molecule has 71 heavy (non-hydrogen) atoms. The molecule has 0 bridgehead atoms. The van der Waals surface area contributed by atoms with E-state index in [-0.39, 0.29) is 75.6 Å². The van der Waals surface area contributed by atoms with Gasteiger partial charge in [0.25, 0.3) is 24.6 Å². The van der Waals surface area contributed by atoms with E-state index in [2.05, 4.69) is 4.99 Å². The molecule has 2 heterocycles. The molecule has 1 saturated heterocycles. The van der Waals surface area contributed by atoms with Gasteiger partial charge in [-0.3, -0.25) is 54.7 Å². The third kappa shape index (κ3) is 14.4. The number of likely N-dealkylation sites (tertiary alicyclic amines) is 1. The molecule has 0 N–H and O–H groups in total. The fourth-order valence-electron chi connectivity index (χ4n) is 7.26. The number of hydrogen-bond acceptors (Lipinski definition) is 21. The Morgan fingerprint density at radius 3 is 1.65 bits per heavy atom. The Kier molecular flexibility index (Phi) is 20.1. The number of thioether (sulfide) groups is 1. The average Bonchev–Trinajstić information content (AvgIpc) is 3.34. The molecule has 0 aromatic heterocycles. The number of nitro benzene ring substituents is 3. The highest BCUT2D eigenvalue weighted by atomic mass is 32.2. The van der Waals surface area contributed by atoms with Crippen molar-refractivity contribution in [3.05, 3.63) is 120 Å². The van der Waals surface area contributed by atoms with E-state index in [0.29, 0.717) is 16.7 Å². The van der Waals surface area contributed by atoms with E-state index in [0.717, 1.165) is 16.7 Å². The normalized spacial score (nSPS) is 17.0. The zero-order valence-electron chi connectivity index (χ0n) is 39.1. The van der Waals surface area contributed by atoms with E-state index in [1.54, 1.807) is 20.8 Å². The number of methoxy groups -OCH3 is 1. The van der Waals surface area contributed by atoms with Crippen molar-refractivity contribution >= 4 is 76.9 Å². The van der Waals surface area contributed by atoms with Gasteiger partial charge in [-0.15, -0.1) is 0 Å². The lowest BCUT2D eigenvalue weighted by molar-refractivity contribution is -0.385. The minimum atomic E-state index is -4.04. The molecule has 0 saturated carbocycles. The number of carbonyl (C=O) groups is 5. The molecule has 0 radical (unpaired) electrons. The third-order valence-electron chi connectivity index (χ3n) is 10.5. The highest BCUT2D eigenvalue weighted by molar-refractivity contribution is 8.14. The number of hydrogen-bond donors (Lipinski definition) is 0. The predicted molar refractivity (Wildman–Crippen MR) is 253 cm³/mol. The van der Waals surface area contributed by atoms with Crippen LogP contribution < -0.4 is 0 Å². The maximum absolute atomic E-state index is 14.6. The molecular weight excluding hydrogens is 980 g/mol. The van der Waals surface area contributed by atoms with Crippen molar-refractivity contribution in [1.82, 2.24) is 9.80 Å². The predicted octanol–water partition coefficient (Wildman–Crippen LogP) is 6.74. The molecule has 5 rings (SSSR count). The second-order valence-corrected chi connectivity index (χ2v) is 18.8. The van der Waals surface area contributed by atoms with Gasteiger partial charge >= 0.3 is 18.2 Å². The Labute approximate surface area is 410 Å². The van der Waals surface area contributed by atoms with Gasteiger partial charge in [-0.1, -0.05) is 11.8 Å². The molecule has 3 aromatic carbocycles. The quantitative estimate of drug-likeness (QED) is 0.0224. The van der Waals surface area contributed by atoms with Crippen LogP contribution in [0.2, 0.25) is 0 Å². The van der Waals surface area contributed by atoms with Crippen LogP contribution in [0.15, 0.2) is 77.8 Å². The second kappa shape index (κ2) is 25.9. The number of ether oxygens (including phenoxy) is 5. The lowest BCUT2D eigenvalue weighted by Gasteiger charge is -2.49. The van der Waals surface area contributed by atoms with Crippen LogP contribution in [-0.2, 0) is 71.5 Å². The minimum Gasteiger partial charge on any atom is -0.456 e. The summed E-state index contributed by atoms with van der Waals surface area (Å²) in [4.78, 5) is 108. The largest absolute Gasteiger partial charge is 0.508 e. The molecule has 2 aliphatic heterocycles. The van der Waals surface area contributed by atoms with E-state index < -0.39 is 93.3 Å². The summed E-state index contributed by atoms with van der Waals surface area (Å²) < 4.78 is 45.5. The van der Waals surface area contributed by atoms with Crippen molar-refractivity contribution in [1.29, 1.82) is 0 Å². The van der Waals surface area contributed by atoms with Crippen molar-refractivity contribution in [3.8, 4) is 0 Å².